The van der Waals surface area contributed by atoms with E-state index in [1.54, 1.807) is 6.07 Å². The molecule has 0 spiro atoms. The SMILES string of the molecule is CCn1cccc1C(=O)NCC1CCCCC1C(=O)O. The Morgan fingerprint density at radius 2 is 2.15 bits per heavy atom. The molecule has 1 saturated carbocycles. The second-order valence-electron chi connectivity index (χ2n) is 5.38. The van der Waals surface area contributed by atoms with Crippen LogP contribution >= 0.6 is 0 Å². The van der Waals surface area contributed by atoms with Gasteiger partial charge in [0.1, 0.15) is 5.69 Å². The number of hydrogen-bond acceptors (Lipinski definition) is 2. The van der Waals surface area contributed by atoms with Gasteiger partial charge in [0.15, 0.2) is 0 Å². The lowest BCUT2D eigenvalue weighted by atomic mass is 9.79. The molecule has 0 radical (unpaired) electrons. The van der Waals surface area contributed by atoms with Gasteiger partial charge in [0.05, 0.1) is 5.92 Å². The Labute approximate surface area is 119 Å². The number of carbonyl (C=O) groups is 2. The third-order valence-electron chi connectivity index (χ3n) is 4.15. The number of aliphatic carboxylic acids is 1. The van der Waals surface area contributed by atoms with Crippen molar-refractivity contribution in [2.24, 2.45) is 11.8 Å². The Morgan fingerprint density at radius 1 is 1.40 bits per heavy atom. The topological polar surface area (TPSA) is 71.3 Å². The fourth-order valence-corrected chi connectivity index (χ4v) is 2.99. The van der Waals surface area contributed by atoms with E-state index in [0.29, 0.717) is 12.2 Å². The van der Waals surface area contributed by atoms with Crippen LogP contribution in [0.3, 0.4) is 0 Å². The van der Waals surface area contributed by atoms with Gasteiger partial charge in [-0.2, -0.15) is 0 Å². The van der Waals surface area contributed by atoms with Crippen LogP contribution in [0.15, 0.2) is 18.3 Å². The molecular weight excluding hydrogens is 256 g/mol. The number of aryl methyl sites for hydroxylation is 1. The van der Waals surface area contributed by atoms with Gasteiger partial charge in [-0.1, -0.05) is 12.8 Å². The van der Waals surface area contributed by atoms with Gasteiger partial charge in [-0.15, -0.1) is 0 Å². The molecular formula is C15H22N2O3. The zero-order chi connectivity index (χ0) is 14.5. The van der Waals surface area contributed by atoms with E-state index in [-0.39, 0.29) is 17.7 Å². The zero-order valence-corrected chi connectivity index (χ0v) is 11.8. The molecule has 0 saturated heterocycles. The molecule has 1 fully saturated rings. The molecule has 0 aliphatic heterocycles. The van der Waals surface area contributed by atoms with Gasteiger partial charge in [0.25, 0.3) is 5.91 Å². The lowest BCUT2D eigenvalue weighted by Gasteiger charge is -2.28. The molecule has 5 heteroatoms. The van der Waals surface area contributed by atoms with E-state index in [1.807, 2.05) is 23.8 Å². The first-order valence-corrected chi connectivity index (χ1v) is 7.29. The highest BCUT2D eigenvalue weighted by molar-refractivity contribution is 5.92. The summed E-state index contributed by atoms with van der Waals surface area (Å²) in [6.45, 7) is 3.18. The van der Waals surface area contributed by atoms with Crippen molar-refractivity contribution in [3.63, 3.8) is 0 Å². The van der Waals surface area contributed by atoms with Crippen molar-refractivity contribution in [3.8, 4) is 0 Å². The number of carboxylic acid groups (broad SMARTS) is 1. The molecule has 2 unspecified atom stereocenters. The van der Waals surface area contributed by atoms with E-state index >= 15 is 0 Å². The van der Waals surface area contributed by atoms with Crippen LogP contribution in [0.25, 0.3) is 0 Å². The van der Waals surface area contributed by atoms with E-state index in [9.17, 15) is 14.7 Å². The maximum Gasteiger partial charge on any atom is 0.306 e. The smallest absolute Gasteiger partial charge is 0.306 e. The number of carboxylic acids is 1. The number of carbonyl (C=O) groups excluding carboxylic acids is 1. The highest BCUT2D eigenvalue weighted by Gasteiger charge is 2.30. The summed E-state index contributed by atoms with van der Waals surface area (Å²) in [5, 5.41) is 12.1. The van der Waals surface area contributed by atoms with Crippen molar-refractivity contribution < 1.29 is 14.7 Å². The van der Waals surface area contributed by atoms with E-state index in [1.165, 1.54) is 0 Å². The van der Waals surface area contributed by atoms with Crippen LogP contribution in [0.2, 0.25) is 0 Å². The van der Waals surface area contributed by atoms with Crippen LogP contribution in [0, 0.1) is 11.8 Å². The molecule has 1 amide bonds. The Balaban J connectivity index is 1.93. The Bertz CT molecular complexity index is 481. The molecule has 1 aromatic heterocycles. The summed E-state index contributed by atoms with van der Waals surface area (Å²) in [5.41, 5.74) is 0.634. The Hall–Kier alpha value is -1.78. The summed E-state index contributed by atoms with van der Waals surface area (Å²) in [6, 6.07) is 3.63. The number of hydrogen-bond donors (Lipinski definition) is 2. The average Bonchev–Trinajstić information content (AvgIpc) is 2.93. The van der Waals surface area contributed by atoms with E-state index in [4.69, 9.17) is 0 Å². The van der Waals surface area contributed by atoms with Crippen LogP contribution < -0.4 is 5.32 Å². The first-order valence-electron chi connectivity index (χ1n) is 7.29. The van der Waals surface area contributed by atoms with Gasteiger partial charge in [0.2, 0.25) is 0 Å². The molecule has 1 aliphatic carbocycles. The lowest BCUT2D eigenvalue weighted by molar-refractivity contribution is -0.144. The van der Waals surface area contributed by atoms with Crippen molar-refractivity contribution in [1.82, 2.24) is 9.88 Å². The summed E-state index contributed by atoms with van der Waals surface area (Å²) < 4.78 is 1.88. The highest BCUT2D eigenvalue weighted by atomic mass is 16.4. The van der Waals surface area contributed by atoms with Crippen LogP contribution in [0.1, 0.15) is 43.1 Å². The lowest BCUT2D eigenvalue weighted by Crippen LogP contribution is -2.37. The fraction of sp³-hybridized carbons (Fsp3) is 0.600. The highest BCUT2D eigenvalue weighted by Crippen LogP contribution is 2.29. The molecule has 2 atom stereocenters. The minimum Gasteiger partial charge on any atom is -0.481 e. The van der Waals surface area contributed by atoms with Crippen molar-refractivity contribution in [2.75, 3.05) is 6.54 Å². The van der Waals surface area contributed by atoms with Gasteiger partial charge in [-0.25, -0.2) is 0 Å². The first kappa shape index (κ1) is 14.6. The molecule has 1 aromatic rings. The number of rotatable bonds is 5. The largest absolute Gasteiger partial charge is 0.481 e. The van der Waals surface area contributed by atoms with Crippen LogP contribution in [0.5, 0.6) is 0 Å². The Morgan fingerprint density at radius 3 is 2.85 bits per heavy atom. The second-order valence-corrected chi connectivity index (χ2v) is 5.38. The third-order valence-corrected chi connectivity index (χ3v) is 4.15. The standard InChI is InChI=1S/C15H22N2O3/c1-2-17-9-5-8-13(17)14(18)16-10-11-6-3-4-7-12(11)15(19)20/h5,8-9,11-12H,2-4,6-7,10H2,1H3,(H,16,18)(H,19,20). The Kier molecular flexibility index (Phi) is 4.82. The minimum absolute atomic E-state index is 0.0511. The summed E-state index contributed by atoms with van der Waals surface area (Å²) in [6.07, 6.45) is 5.50. The fourth-order valence-electron chi connectivity index (χ4n) is 2.99. The molecule has 2 rings (SSSR count). The maximum atomic E-state index is 12.1. The average molecular weight is 278 g/mol. The monoisotopic (exact) mass is 278 g/mol. The first-order chi connectivity index (χ1) is 9.63. The molecule has 5 nitrogen and oxygen atoms in total. The summed E-state index contributed by atoms with van der Waals surface area (Å²) in [5.74, 6) is -1.12. The minimum atomic E-state index is -0.735. The third kappa shape index (κ3) is 3.21. The van der Waals surface area contributed by atoms with Crippen molar-refractivity contribution in [2.45, 2.75) is 39.2 Å². The summed E-state index contributed by atoms with van der Waals surface area (Å²) in [4.78, 5) is 23.3. The maximum absolute atomic E-state index is 12.1. The number of nitrogens with one attached hydrogen (secondary N) is 1. The molecule has 110 valence electrons. The normalized spacial score (nSPS) is 22.4. The number of amides is 1. The van der Waals surface area contributed by atoms with Gasteiger partial charge in [0, 0.05) is 19.3 Å². The second kappa shape index (κ2) is 6.59. The van der Waals surface area contributed by atoms with Gasteiger partial charge in [-0.3, -0.25) is 9.59 Å². The summed E-state index contributed by atoms with van der Waals surface area (Å²) >= 11 is 0. The molecule has 1 aliphatic rings. The molecule has 1 heterocycles. The van der Waals surface area contributed by atoms with Crippen molar-refractivity contribution >= 4 is 11.9 Å². The van der Waals surface area contributed by atoms with E-state index in [2.05, 4.69) is 5.32 Å². The summed E-state index contributed by atoms with van der Waals surface area (Å²) in [7, 11) is 0. The van der Waals surface area contributed by atoms with Crippen molar-refractivity contribution in [1.29, 1.82) is 0 Å². The zero-order valence-electron chi connectivity index (χ0n) is 11.8. The predicted octanol–water partition coefficient (Wildman–Crippen LogP) is 2.13. The molecule has 20 heavy (non-hydrogen) atoms. The number of aromatic nitrogens is 1. The van der Waals surface area contributed by atoms with Crippen LogP contribution in [-0.4, -0.2) is 28.1 Å². The molecule has 2 N–H and O–H groups in total. The molecule has 0 bridgehead atoms. The van der Waals surface area contributed by atoms with E-state index in [0.717, 1.165) is 32.2 Å². The van der Waals surface area contributed by atoms with Gasteiger partial charge >= 0.3 is 5.97 Å². The predicted molar refractivity (Wildman–Crippen MR) is 75.5 cm³/mol. The van der Waals surface area contributed by atoms with Gasteiger partial charge in [-0.05, 0) is 37.8 Å². The van der Waals surface area contributed by atoms with Crippen molar-refractivity contribution in [3.05, 3.63) is 24.0 Å². The van der Waals surface area contributed by atoms with Crippen LogP contribution in [-0.2, 0) is 11.3 Å². The quantitative estimate of drug-likeness (QED) is 0.866. The molecule has 0 aromatic carbocycles. The number of nitrogens with zero attached hydrogens (tertiary/aromatic N) is 1. The van der Waals surface area contributed by atoms with Crippen LogP contribution in [0.4, 0.5) is 0 Å². The van der Waals surface area contributed by atoms with Gasteiger partial charge < -0.3 is 15.0 Å². The van der Waals surface area contributed by atoms with E-state index < -0.39 is 5.97 Å².